The van der Waals surface area contributed by atoms with E-state index in [1.54, 1.807) is 49.4 Å². The van der Waals surface area contributed by atoms with Crippen LogP contribution in [0.3, 0.4) is 0 Å². The van der Waals surface area contributed by atoms with Crippen molar-refractivity contribution in [2.45, 2.75) is 29.7 Å². The predicted molar refractivity (Wildman–Crippen MR) is 143 cm³/mol. The van der Waals surface area contributed by atoms with Crippen LogP contribution >= 0.6 is 62.2 Å². The maximum Gasteiger partial charge on any atom is 0.326 e. The van der Waals surface area contributed by atoms with E-state index in [0.29, 0.717) is 26.2 Å². The zero-order chi connectivity index (χ0) is 25.7. The number of amides is 2. The van der Waals surface area contributed by atoms with Crippen LogP contribution in [0.2, 0.25) is 10.0 Å². The molecule has 1 fully saturated rings. The summed E-state index contributed by atoms with van der Waals surface area (Å²) in [6.07, 6.45) is 0. The summed E-state index contributed by atoms with van der Waals surface area (Å²) in [5.74, 6) is -2.86. The first-order valence-electron chi connectivity index (χ1n) is 10.9. The van der Waals surface area contributed by atoms with E-state index in [0.717, 1.165) is 27.6 Å². The molecule has 36 heavy (non-hydrogen) atoms. The summed E-state index contributed by atoms with van der Waals surface area (Å²) in [6.45, 7) is 1.56. The zero-order valence-corrected chi connectivity index (χ0v) is 23.3. The molecule has 0 N–H and O–H groups in total. The maximum atomic E-state index is 13.8. The molecule has 0 radical (unpaired) electrons. The van der Waals surface area contributed by atoms with Crippen molar-refractivity contribution in [3.05, 3.63) is 77.1 Å². The van der Waals surface area contributed by atoms with Crippen molar-refractivity contribution in [2.75, 3.05) is 11.5 Å². The van der Waals surface area contributed by atoms with Crippen molar-refractivity contribution >= 4 is 85.7 Å². The van der Waals surface area contributed by atoms with E-state index < -0.39 is 29.0 Å². The normalized spacial score (nSPS) is 20.9. The number of thiazole rings is 1. The van der Waals surface area contributed by atoms with Gasteiger partial charge in [0.25, 0.3) is 0 Å². The lowest BCUT2D eigenvalue weighted by Gasteiger charge is -2.31. The summed E-state index contributed by atoms with van der Waals surface area (Å²) in [5.41, 5.74) is 0.996. The molecule has 0 bridgehead atoms. The van der Waals surface area contributed by atoms with E-state index in [1.165, 1.54) is 9.47 Å². The van der Waals surface area contributed by atoms with Crippen LogP contribution in [-0.4, -0.2) is 34.2 Å². The molecule has 0 aliphatic carbocycles. The summed E-state index contributed by atoms with van der Waals surface area (Å²) in [6, 6.07) is 12.0. The number of carbonyl (C=O) groups is 3. The Labute approximate surface area is 232 Å². The van der Waals surface area contributed by atoms with Crippen LogP contribution in [0.25, 0.3) is 0 Å². The number of carbonyl (C=O) groups excluding carboxylic acids is 3. The van der Waals surface area contributed by atoms with Gasteiger partial charge >= 0.3 is 10.8 Å². The molecular formula is C24H17BrCl2N2O5S2. The van der Waals surface area contributed by atoms with Crippen LogP contribution in [-0.2, 0) is 25.7 Å². The summed E-state index contributed by atoms with van der Waals surface area (Å²) in [5, 5.41) is 0.182. The average molecular weight is 628 g/mol. The van der Waals surface area contributed by atoms with Crippen LogP contribution in [0.5, 0.6) is 0 Å². The minimum atomic E-state index is -0.823. The topological polar surface area (TPSA) is 85.7 Å². The molecule has 186 valence electrons. The van der Waals surface area contributed by atoms with Crippen LogP contribution in [0.1, 0.15) is 23.3 Å². The Kier molecular flexibility index (Phi) is 7.08. The van der Waals surface area contributed by atoms with Crippen molar-refractivity contribution in [3.8, 4) is 0 Å². The number of halogens is 3. The van der Waals surface area contributed by atoms with Crippen molar-refractivity contribution in [3.63, 3.8) is 0 Å². The smallest absolute Gasteiger partial charge is 0.326 e. The van der Waals surface area contributed by atoms with Gasteiger partial charge in [0.15, 0.2) is 0 Å². The number of benzene rings is 2. The van der Waals surface area contributed by atoms with Gasteiger partial charge in [-0.1, -0.05) is 74.4 Å². The molecule has 3 heterocycles. The van der Waals surface area contributed by atoms with E-state index in [4.69, 9.17) is 27.9 Å². The Hall–Kier alpha value is -2.11. The number of anilines is 1. The first kappa shape index (κ1) is 25.5. The monoisotopic (exact) mass is 626 g/mol. The number of hydrogen-bond acceptors (Lipinski definition) is 7. The highest BCUT2D eigenvalue weighted by Gasteiger charge is 2.57. The molecule has 1 saturated heterocycles. The molecule has 2 aliphatic heterocycles. The van der Waals surface area contributed by atoms with Crippen molar-refractivity contribution in [2.24, 2.45) is 5.92 Å². The van der Waals surface area contributed by atoms with Crippen molar-refractivity contribution in [1.29, 1.82) is 0 Å². The number of ether oxygens (including phenoxy) is 1. The van der Waals surface area contributed by atoms with Gasteiger partial charge in [-0.2, -0.15) is 0 Å². The van der Waals surface area contributed by atoms with Gasteiger partial charge in [-0.3, -0.25) is 23.7 Å². The third-order valence-electron chi connectivity index (χ3n) is 6.04. The number of aromatic nitrogens is 1. The molecule has 0 unspecified atom stereocenters. The largest absolute Gasteiger partial charge is 0.465 e. The number of imide groups is 1. The summed E-state index contributed by atoms with van der Waals surface area (Å²) in [7, 11) is 0. The highest BCUT2D eigenvalue weighted by molar-refractivity contribution is 9.10. The highest BCUT2D eigenvalue weighted by Crippen LogP contribution is 2.55. The molecule has 1 aromatic heterocycles. The molecule has 7 nitrogen and oxygen atoms in total. The van der Waals surface area contributed by atoms with Gasteiger partial charge in [0.2, 0.25) is 11.8 Å². The summed E-state index contributed by atoms with van der Waals surface area (Å²) < 4.78 is 7.16. The van der Waals surface area contributed by atoms with Crippen LogP contribution in [0, 0.1) is 5.92 Å². The van der Waals surface area contributed by atoms with Gasteiger partial charge in [0, 0.05) is 15.3 Å². The van der Waals surface area contributed by atoms with E-state index in [1.807, 2.05) is 0 Å². The van der Waals surface area contributed by atoms with E-state index in [9.17, 15) is 19.2 Å². The maximum absolute atomic E-state index is 13.8. The molecule has 5 rings (SSSR count). The molecule has 2 aliphatic rings. The molecule has 12 heteroatoms. The standard InChI is InChI=1S/C24H17BrCl2N2O5S2/c1-2-34-15(30)10-28-23-20(36-24(28)33)16(13-4-3-5-14(26)18(13)27)17-19(35-23)22(32)29(21(17)31)12-8-6-11(25)7-9-12/h3-9,16-17,19H,2,10H2,1H3/t16-,17-,19+/m0/s1. The van der Waals surface area contributed by atoms with Crippen LogP contribution in [0.4, 0.5) is 5.69 Å². The molecular weight excluding hydrogens is 611 g/mol. The van der Waals surface area contributed by atoms with E-state index in [-0.39, 0.29) is 29.0 Å². The Morgan fingerprint density at radius 2 is 1.81 bits per heavy atom. The fourth-order valence-electron chi connectivity index (χ4n) is 4.53. The van der Waals surface area contributed by atoms with Gasteiger partial charge < -0.3 is 4.74 Å². The van der Waals surface area contributed by atoms with Crippen molar-refractivity contribution < 1.29 is 19.1 Å². The number of fused-ring (bicyclic) bond motifs is 2. The minimum absolute atomic E-state index is 0.174. The van der Waals surface area contributed by atoms with Crippen molar-refractivity contribution in [1.82, 2.24) is 4.57 Å². The summed E-state index contributed by atoms with van der Waals surface area (Å²) >= 11 is 18.4. The lowest BCUT2D eigenvalue weighted by molar-refractivity contribution is -0.144. The molecule has 2 aromatic carbocycles. The second kappa shape index (κ2) is 9.98. The lowest BCUT2D eigenvalue weighted by atomic mass is 9.83. The van der Waals surface area contributed by atoms with E-state index >= 15 is 0 Å². The minimum Gasteiger partial charge on any atom is -0.465 e. The molecule has 3 aromatic rings. The number of esters is 1. The fraction of sp³-hybridized carbons (Fsp3) is 0.250. The number of rotatable bonds is 5. The molecule has 0 saturated carbocycles. The fourth-order valence-corrected chi connectivity index (χ4v) is 7.99. The first-order valence-corrected chi connectivity index (χ1v) is 14.1. The van der Waals surface area contributed by atoms with Gasteiger partial charge in [-0.15, -0.1) is 0 Å². The third-order valence-corrected chi connectivity index (χ3v) is 10.0. The zero-order valence-electron chi connectivity index (χ0n) is 18.6. The van der Waals surface area contributed by atoms with Crippen LogP contribution in [0.15, 0.2) is 56.8 Å². The number of hydrogen-bond donors (Lipinski definition) is 0. The second-order valence-corrected chi connectivity index (χ2v) is 11.9. The molecule has 3 atom stereocenters. The Balaban J connectivity index is 1.68. The Morgan fingerprint density at radius 3 is 2.50 bits per heavy atom. The Bertz CT molecular complexity index is 1460. The quantitative estimate of drug-likeness (QED) is 0.281. The van der Waals surface area contributed by atoms with Gasteiger partial charge in [-0.25, -0.2) is 4.90 Å². The second-order valence-electron chi connectivity index (χ2n) is 8.10. The third kappa shape index (κ3) is 4.22. The van der Waals surface area contributed by atoms with E-state index in [2.05, 4.69) is 15.9 Å². The van der Waals surface area contributed by atoms with Crippen LogP contribution < -0.4 is 9.77 Å². The lowest BCUT2D eigenvalue weighted by Crippen LogP contribution is -2.33. The predicted octanol–water partition coefficient (Wildman–Crippen LogP) is 5.34. The summed E-state index contributed by atoms with van der Waals surface area (Å²) in [4.78, 5) is 54.1. The average Bonchev–Trinajstić information content (AvgIpc) is 3.28. The molecule has 2 amide bonds. The molecule has 0 spiro atoms. The first-order chi connectivity index (χ1) is 17.2. The van der Waals surface area contributed by atoms with Gasteiger partial charge in [-0.05, 0) is 42.8 Å². The van der Waals surface area contributed by atoms with Gasteiger partial charge in [0.05, 0.1) is 33.3 Å². The number of nitrogens with zero attached hydrogens (tertiary/aromatic N) is 2. The Morgan fingerprint density at radius 1 is 1.08 bits per heavy atom. The highest BCUT2D eigenvalue weighted by atomic mass is 79.9. The van der Waals surface area contributed by atoms with Gasteiger partial charge in [0.1, 0.15) is 11.8 Å². The SMILES string of the molecule is CCOC(=O)Cn1c2c(sc1=O)[C@@H](c1cccc(Cl)c1Cl)[C@@H]1C(=O)N(c3ccc(Br)cc3)C(=O)[C@@H]1S2. The number of thioether (sulfide) groups is 1.